The molecular weight excluding hydrogens is 156 g/mol. The van der Waals surface area contributed by atoms with E-state index in [9.17, 15) is 0 Å². The zero-order chi connectivity index (χ0) is 10.3. The molecule has 0 rings (SSSR count). The second-order valence-corrected chi connectivity index (χ2v) is 4.24. The van der Waals surface area contributed by atoms with E-state index in [0.29, 0.717) is 0 Å². The van der Waals surface area contributed by atoms with Gasteiger partial charge in [0.05, 0.1) is 0 Å². The molecule has 0 bridgehead atoms. The normalized spacial score (nSPS) is 13.7. The third kappa shape index (κ3) is 6.39. The van der Waals surface area contributed by atoms with Gasteiger partial charge in [-0.05, 0) is 32.1 Å². The van der Waals surface area contributed by atoms with Gasteiger partial charge < -0.3 is 0 Å². The first-order valence-electron chi connectivity index (χ1n) is 4.92. The van der Waals surface area contributed by atoms with Gasteiger partial charge >= 0.3 is 0 Å². The van der Waals surface area contributed by atoms with E-state index in [1.165, 1.54) is 5.57 Å². The van der Waals surface area contributed by atoms with Crippen LogP contribution in [0.2, 0.25) is 0 Å². The summed E-state index contributed by atoms with van der Waals surface area (Å²) in [5, 5.41) is 0. The Morgan fingerprint density at radius 3 is 2.46 bits per heavy atom. The largest absolute Gasteiger partial charge is 0.103 e. The zero-order valence-corrected chi connectivity index (χ0v) is 9.43. The Morgan fingerprint density at radius 2 is 2.00 bits per heavy atom. The second-order valence-electron chi connectivity index (χ2n) is 4.24. The average molecular weight is 178 g/mol. The van der Waals surface area contributed by atoms with Gasteiger partial charge in [0.25, 0.3) is 0 Å². The highest BCUT2D eigenvalue weighted by Crippen LogP contribution is 2.23. The Kier molecular flexibility index (Phi) is 5.45. The van der Waals surface area contributed by atoms with Gasteiger partial charge in [0, 0.05) is 0 Å². The summed E-state index contributed by atoms with van der Waals surface area (Å²) in [7, 11) is 0. The van der Waals surface area contributed by atoms with Crippen molar-refractivity contribution >= 4 is 0 Å². The monoisotopic (exact) mass is 178 g/mol. The van der Waals surface area contributed by atoms with Gasteiger partial charge in [-0.3, -0.25) is 0 Å². The lowest BCUT2D eigenvalue weighted by Crippen LogP contribution is -2.05. The summed E-state index contributed by atoms with van der Waals surface area (Å²) in [5.74, 6) is 0. The van der Waals surface area contributed by atoms with E-state index >= 15 is 0 Å². The number of hydrogen-bond donors (Lipinski definition) is 0. The second kappa shape index (κ2) is 5.80. The summed E-state index contributed by atoms with van der Waals surface area (Å²) in [6.45, 7) is 12.5. The summed E-state index contributed by atoms with van der Waals surface area (Å²) >= 11 is 0. The number of rotatable bonds is 5. The minimum absolute atomic E-state index is 0.289. The smallest absolute Gasteiger partial charge is 0.0140 e. The van der Waals surface area contributed by atoms with Crippen molar-refractivity contribution in [3.05, 3.63) is 36.5 Å². The van der Waals surface area contributed by atoms with Crippen molar-refractivity contribution in [3.8, 4) is 0 Å². The Bertz CT molecular complexity index is 204. The van der Waals surface area contributed by atoms with Gasteiger partial charge in [-0.15, -0.1) is 6.58 Å². The molecular formula is C13H22. The molecule has 0 spiro atoms. The van der Waals surface area contributed by atoms with Crippen LogP contribution in [0.15, 0.2) is 36.5 Å². The fourth-order valence-corrected chi connectivity index (χ4v) is 1.27. The minimum atomic E-state index is 0.289. The van der Waals surface area contributed by atoms with Crippen LogP contribution >= 0.6 is 0 Å². The van der Waals surface area contributed by atoms with Gasteiger partial charge in [0.2, 0.25) is 0 Å². The fraction of sp³-hybridized carbons (Fsp3) is 0.538. The summed E-state index contributed by atoms with van der Waals surface area (Å²) < 4.78 is 0. The Morgan fingerprint density at radius 1 is 1.38 bits per heavy atom. The zero-order valence-electron chi connectivity index (χ0n) is 9.43. The summed E-state index contributed by atoms with van der Waals surface area (Å²) in [6.07, 6.45) is 10.8. The molecule has 0 heteroatoms. The van der Waals surface area contributed by atoms with Crippen LogP contribution in [0.4, 0.5) is 0 Å². The quantitative estimate of drug-likeness (QED) is 0.544. The molecule has 0 radical (unpaired) electrons. The van der Waals surface area contributed by atoms with Crippen molar-refractivity contribution in [2.75, 3.05) is 0 Å². The SMILES string of the molecule is C=CCC(C)=CCC(C)(C)C=CC. The predicted octanol–water partition coefficient (Wildman–Crippen LogP) is 4.50. The van der Waals surface area contributed by atoms with Gasteiger partial charge in [-0.25, -0.2) is 0 Å². The molecule has 0 aromatic carbocycles. The maximum atomic E-state index is 3.73. The molecule has 0 aliphatic heterocycles. The van der Waals surface area contributed by atoms with Crippen molar-refractivity contribution in [1.29, 1.82) is 0 Å². The van der Waals surface area contributed by atoms with Gasteiger partial charge in [-0.1, -0.05) is 43.7 Å². The van der Waals surface area contributed by atoms with E-state index in [1.54, 1.807) is 0 Å². The highest BCUT2D eigenvalue weighted by atomic mass is 14.2. The lowest BCUT2D eigenvalue weighted by molar-refractivity contribution is 0.486. The highest BCUT2D eigenvalue weighted by Gasteiger charge is 2.10. The van der Waals surface area contributed by atoms with Crippen LogP contribution in [0.1, 0.15) is 40.5 Å². The van der Waals surface area contributed by atoms with Gasteiger partial charge in [-0.2, -0.15) is 0 Å². The van der Waals surface area contributed by atoms with Crippen LogP contribution in [0.5, 0.6) is 0 Å². The van der Waals surface area contributed by atoms with E-state index in [0.717, 1.165) is 12.8 Å². The summed E-state index contributed by atoms with van der Waals surface area (Å²) in [4.78, 5) is 0. The maximum Gasteiger partial charge on any atom is -0.0140 e. The molecule has 0 atom stereocenters. The molecule has 0 aromatic heterocycles. The summed E-state index contributed by atoms with van der Waals surface area (Å²) in [6, 6.07) is 0. The fourth-order valence-electron chi connectivity index (χ4n) is 1.27. The minimum Gasteiger partial charge on any atom is -0.103 e. The van der Waals surface area contributed by atoms with Crippen molar-refractivity contribution in [3.63, 3.8) is 0 Å². The topological polar surface area (TPSA) is 0 Å². The molecule has 0 nitrogen and oxygen atoms in total. The first-order chi connectivity index (χ1) is 6.02. The Labute approximate surface area is 83.0 Å². The Balaban J connectivity index is 4.12. The van der Waals surface area contributed by atoms with Crippen LogP contribution in [-0.2, 0) is 0 Å². The predicted molar refractivity (Wildman–Crippen MR) is 61.8 cm³/mol. The molecule has 0 aliphatic carbocycles. The van der Waals surface area contributed by atoms with Crippen molar-refractivity contribution in [1.82, 2.24) is 0 Å². The standard InChI is InChI=1S/C13H22/c1-6-8-12(3)9-11-13(4,5)10-7-2/h6-7,9-10H,1,8,11H2,2-5H3. The molecule has 74 valence electrons. The molecule has 0 N–H and O–H groups in total. The van der Waals surface area contributed by atoms with Crippen molar-refractivity contribution in [2.24, 2.45) is 5.41 Å². The molecule has 0 aromatic rings. The first-order valence-corrected chi connectivity index (χ1v) is 4.92. The van der Waals surface area contributed by atoms with Crippen LogP contribution in [0.3, 0.4) is 0 Å². The van der Waals surface area contributed by atoms with Crippen molar-refractivity contribution < 1.29 is 0 Å². The van der Waals surface area contributed by atoms with E-state index < -0.39 is 0 Å². The first kappa shape index (κ1) is 12.2. The third-order valence-electron chi connectivity index (χ3n) is 2.06. The lowest BCUT2D eigenvalue weighted by atomic mass is 9.88. The van der Waals surface area contributed by atoms with Gasteiger partial charge in [0.15, 0.2) is 0 Å². The average Bonchev–Trinajstić information content (AvgIpc) is 2.02. The molecule has 0 heterocycles. The van der Waals surface area contributed by atoms with E-state index in [2.05, 4.69) is 52.5 Å². The third-order valence-corrected chi connectivity index (χ3v) is 2.06. The molecule has 0 aliphatic rings. The lowest BCUT2D eigenvalue weighted by Gasteiger charge is -2.17. The molecule has 0 saturated carbocycles. The molecule has 0 fully saturated rings. The number of allylic oxidation sites excluding steroid dienone is 5. The van der Waals surface area contributed by atoms with Gasteiger partial charge in [0.1, 0.15) is 0 Å². The highest BCUT2D eigenvalue weighted by molar-refractivity contribution is 5.06. The van der Waals surface area contributed by atoms with Crippen LogP contribution in [-0.4, -0.2) is 0 Å². The molecule has 0 saturated heterocycles. The van der Waals surface area contributed by atoms with Crippen LogP contribution in [0.25, 0.3) is 0 Å². The van der Waals surface area contributed by atoms with Crippen LogP contribution < -0.4 is 0 Å². The molecule has 13 heavy (non-hydrogen) atoms. The van der Waals surface area contributed by atoms with E-state index in [-0.39, 0.29) is 5.41 Å². The Hall–Kier alpha value is -0.780. The molecule has 0 amide bonds. The van der Waals surface area contributed by atoms with Crippen molar-refractivity contribution in [2.45, 2.75) is 40.5 Å². The number of hydrogen-bond acceptors (Lipinski definition) is 0. The maximum absolute atomic E-state index is 3.73. The van der Waals surface area contributed by atoms with Crippen LogP contribution in [0, 0.1) is 5.41 Å². The summed E-state index contributed by atoms with van der Waals surface area (Å²) in [5.41, 5.74) is 1.70. The molecule has 0 unspecified atom stereocenters. The van der Waals surface area contributed by atoms with E-state index in [4.69, 9.17) is 0 Å². The van der Waals surface area contributed by atoms with E-state index in [1.807, 2.05) is 6.08 Å².